The lowest BCUT2D eigenvalue weighted by atomic mass is 9.96. The molecule has 1 heterocycles. The molecule has 1 N–H and O–H groups in total. The van der Waals surface area contributed by atoms with Gasteiger partial charge in [0.15, 0.2) is 0 Å². The Labute approximate surface area is 120 Å². The van der Waals surface area contributed by atoms with E-state index >= 15 is 0 Å². The first-order chi connectivity index (χ1) is 9.72. The quantitative estimate of drug-likeness (QED) is 0.836. The number of nitrogens with one attached hydrogen (secondary N) is 1. The Hall–Kier alpha value is -2.28. The maximum absolute atomic E-state index is 3.41. The number of rotatable bonds is 2. The molecule has 20 heavy (non-hydrogen) atoms. The average molecular weight is 261 g/mol. The van der Waals surface area contributed by atoms with Crippen LogP contribution in [0.4, 0.5) is 0 Å². The molecule has 3 rings (SSSR count). The zero-order valence-corrected chi connectivity index (χ0v) is 11.9. The Kier molecular flexibility index (Phi) is 3.42. The first-order valence-electron chi connectivity index (χ1n) is 7.00. The van der Waals surface area contributed by atoms with Gasteiger partial charge in [0.25, 0.3) is 0 Å². The predicted molar refractivity (Wildman–Crippen MR) is 85.4 cm³/mol. The van der Waals surface area contributed by atoms with Crippen molar-refractivity contribution in [2.45, 2.75) is 19.9 Å². The van der Waals surface area contributed by atoms with Crippen LogP contribution in [0.3, 0.4) is 0 Å². The monoisotopic (exact) mass is 261 g/mol. The lowest BCUT2D eigenvalue weighted by Gasteiger charge is -2.20. The summed E-state index contributed by atoms with van der Waals surface area (Å²) < 4.78 is 0. The van der Waals surface area contributed by atoms with Crippen molar-refractivity contribution in [2.75, 3.05) is 0 Å². The maximum Gasteiger partial charge on any atom is 0.0701 e. The molecule has 0 fully saturated rings. The fraction of sp³-hybridized carbons (Fsp3) is 0.158. The van der Waals surface area contributed by atoms with Crippen LogP contribution in [0.2, 0.25) is 0 Å². The molecule has 0 bridgehead atoms. The molecule has 100 valence electrons. The number of dihydropyridines is 1. The lowest BCUT2D eigenvalue weighted by Crippen LogP contribution is -2.16. The molecule has 0 spiro atoms. The second kappa shape index (κ2) is 5.38. The van der Waals surface area contributed by atoms with Crippen LogP contribution in [-0.2, 0) is 0 Å². The van der Waals surface area contributed by atoms with E-state index < -0.39 is 0 Å². The van der Waals surface area contributed by atoms with Crippen LogP contribution in [0.1, 0.15) is 28.3 Å². The Morgan fingerprint density at radius 1 is 0.800 bits per heavy atom. The number of hydrogen-bond acceptors (Lipinski definition) is 1. The van der Waals surface area contributed by atoms with E-state index in [0.29, 0.717) is 0 Å². The van der Waals surface area contributed by atoms with Crippen LogP contribution in [0.5, 0.6) is 0 Å². The molecule has 1 unspecified atom stereocenters. The van der Waals surface area contributed by atoms with Crippen molar-refractivity contribution in [2.24, 2.45) is 0 Å². The van der Waals surface area contributed by atoms with E-state index in [2.05, 4.69) is 79.8 Å². The zero-order chi connectivity index (χ0) is 13.9. The Morgan fingerprint density at radius 2 is 1.40 bits per heavy atom. The molecular weight excluding hydrogens is 242 g/mol. The first kappa shape index (κ1) is 12.7. The van der Waals surface area contributed by atoms with Crippen molar-refractivity contribution in [1.29, 1.82) is 0 Å². The van der Waals surface area contributed by atoms with Crippen molar-refractivity contribution in [1.82, 2.24) is 5.32 Å². The molecule has 0 radical (unpaired) electrons. The largest absolute Gasteiger partial charge is 0.381 e. The smallest absolute Gasteiger partial charge is 0.0701 e. The average Bonchev–Trinajstić information content (AvgIpc) is 2.49. The van der Waals surface area contributed by atoms with Crippen LogP contribution in [0, 0.1) is 13.8 Å². The second-order valence-electron chi connectivity index (χ2n) is 5.38. The van der Waals surface area contributed by atoms with Gasteiger partial charge in [-0.25, -0.2) is 0 Å². The summed E-state index contributed by atoms with van der Waals surface area (Å²) in [6.07, 6.45) is 6.46. The number of allylic oxidation sites excluding steroid dienone is 2. The van der Waals surface area contributed by atoms with Gasteiger partial charge >= 0.3 is 0 Å². The van der Waals surface area contributed by atoms with Gasteiger partial charge < -0.3 is 5.32 Å². The molecule has 2 aromatic carbocycles. The molecule has 1 heteroatoms. The molecule has 1 aliphatic heterocycles. The molecule has 2 aromatic rings. The van der Waals surface area contributed by atoms with Gasteiger partial charge in [-0.3, -0.25) is 0 Å². The number of hydrogen-bond donors (Lipinski definition) is 1. The molecule has 1 nitrogen and oxygen atoms in total. The van der Waals surface area contributed by atoms with Crippen molar-refractivity contribution < 1.29 is 0 Å². The summed E-state index contributed by atoms with van der Waals surface area (Å²) in [5.41, 5.74) is 6.43. The van der Waals surface area contributed by atoms with Gasteiger partial charge in [0.2, 0.25) is 0 Å². The summed E-state index contributed by atoms with van der Waals surface area (Å²) in [5.74, 6) is 0. The highest BCUT2D eigenvalue weighted by Gasteiger charge is 2.11. The molecule has 0 saturated heterocycles. The summed E-state index contributed by atoms with van der Waals surface area (Å²) >= 11 is 0. The standard InChI is InChI=1S/C19H19N/c1-14-3-7-16(8-4-14)18-11-12-20-19(13-18)17-9-5-15(2)6-10-17/h3-13,19-20H,1-2H3. The van der Waals surface area contributed by atoms with Crippen LogP contribution in [0.15, 0.2) is 66.9 Å². The van der Waals surface area contributed by atoms with Gasteiger partial charge in [0.1, 0.15) is 0 Å². The maximum atomic E-state index is 3.41. The fourth-order valence-corrected chi connectivity index (χ4v) is 2.43. The summed E-state index contributed by atoms with van der Waals surface area (Å²) in [5, 5.41) is 3.41. The predicted octanol–water partition coefficient (Wildman–Crippen LogP) is 4.55. The van der Waals surface area contributed by atoms with Crippen LogP contribution >= 0.6 is 0 Å². The third kappa shape index (κ3) is 2.67. The molecule has 1 aliphatic rings. The van der Waals surface area contributed by atoms with Gasteiger partial charge in [-0.2, -0.15) is 0 Å². The molecular formula is C19H19N. The molecule has 1 atom stereocenters. The highest BCUT2D eigenvalue weighted by atomic mass is 14.9. The van der Waals surface area contributed by atoms with Gasteiger partial charge in [-0.1, -0.05) is 59.7 Å². The SMILES string of the molecule is Cc1ccc(C2=CC(c3ccc(C)cc3)NC=C2)cc1. The molecule has 0 aliphatic carbocycles. The van der Waals surface area contributed by atoms with E-state index in [1.807, 2.05) is 6.20 Å². The summed E-state index contributed by atoms with van der Waals surface area (Å²) in [7, 11) is 0. The zero-order valence-electron chi connectivity index (χ0n) is 11.9. The van der Waals surface area contributed by atoms with Crippen molar-refractivity contribution in [3.05, 3.63) is 89.1 Å². The minimum Gasteiger partial charge on any atom is -0.381 e. The summed E-state index contributed by atoms with van der Waals surface area (Å²) in [6, 6.07) is 17.6. The van der Waals surface area contributed by atoms with Crippen LogP contribution in [0.25, 0.3) is 5.57 Å². The van der Waals surface area contributed by atoms with E-state index in [1.54, 1.807) is 0 Å². The van der Waals surface area contributed by atoms with Crippen molar-refractivity contribution >= 4 is 5.57 Å². The van der Waals surface area contributed by atoms with Gasteiger partial charge in [-0.15, -0.1) is 0 Å². The van der Waals surface area contributed by atoms with E-state index in [9.17, 15) is 0 Å². The van der Waals surface area contributed by atoms with E-state index in [4.69, 9.17) is 0 Å². The van der Waals surface area contributed by atoms with Crippen LogP contribution in [-0.4, -0.2) is 0 Å². The minimum atomic E-state index is 0.247. The highest BCUT2D eigenvalue weighted by Crippen LogP contribution is 2.26. The first-order valence-corrected chi connectivity index (χ1v) is 7.00. The highest BCUT2D eigenvalue weighted by molar-refractivity contribution is 5.75. The Balaban J connectivity index is 1.90. The van der Waals surface area contributed by atoms with Crippen LogP contribution < -0.4 is 5.32 Å². The second-order valence-corrected chi connectivity index (χ2v) is 5.38. The summed E-state index contributed by atoms with van der Waals surface area (Å²) in [4.78, 5) is 0. The van der Waals surface area contributed by atoms with Gasteiger partial charge in [0.05, 0.1) is 6.04 Å². The van der Waals surface area contributed by atoms with E-state index in [-0.39, 0.29) is 6.04 Å². The Morgan fingerprint density at radius 3 is 2.05 bits per heavy atom. The number of aryl methyl sites for hydroxylation is 2. The van der Waals surface area contributed by atoms with Gasteiger partial charge in [0, 0.05) is 0 Å². The van der Waals surface area contributed by atoms with Crippen molar-refractivity contribution in [3.8, 4) is 0 Å². The third-order valence-electron chi connectivity index (χ3n) is 3.71. The Bertz CT molecular complexity index is 645. The molecule has 0 aromatic heterocycles. The third-order valence-corrected chi connectivity index (χ3v) is 3.71. The summed E-state index contributed by atoms with van der Waals surface area (Å²) in [6.45, 7) is 4.23. The lowest BCUT2D eigenvalue weighted by molar-refractivity contribution is 0.749. The van der Waals surface area contributed by atoms with Gasteiger partial charge in [-0.05, 0) is 48.9 Å². The van der Waals surface area contributed by atoms with E-state index in [0.717, 1.165) is 0 Å². The normalized spacial score (nSPS) is 17.5. The van der Waals surface area contributed by atoms with E-state index in [1.165, 1.54) is 27.8 Å². The fourth-order valence-electron chi connectivity index (χ4n) is 2.43. The minimum absolute atomic E-state index is 0.247. The molecule has 0 saturated carbocycles. The topological polar surface area (TPSA) is 12.0 Å². The van der Waals surface area contributed by atoms with Crippen molar-refractivity contribution in [3.63, 3.8) is 0 Å². The number of benzene rings is 2. The molecule has 0 amide bonds.